The molecule has 0 radical (unpaired) electrons. The van der Waals surface area contributed by atoms with Gasteiger partial charge in [-0.1, -0.05) is 0 Å². The molecule has 0 aromatic carbocycles. The standard InChI is InChI=1S/C13H23N5O2S2/c1-9(18(19)20)13(14)15-5-6-21-8-11-10(2)22-12(16-11)7-17(3)4/h9H,5-8H2,1-4H3,(H2,14,15). The Balaban J connectivity index is 2.37. The van der Waals surface area contributed by atoms with Gasteiger partial charge in [-0.3, -0.25) is 15.1 Å². The number of rotatable bonds is 9. The summed E-state index contributed by atoms with van der Waals surface area (Å²) in [4.78, 5) is 22.2. The topological polar surface area (TPSA) is 97.7 Å². The molecule has 1 rings (SSSR count). The monoisotopic (exact) mass is 345 g/mol. The van der Waals surface area contributed by atoms with Crippen molar-refractivity contribution in [1.82, 2.24) is 9.88 Å². The molecule has 1 aromatic rings. The molecule has 0 bridgehead atoms. The Kier molecular flexibility index (Phi) is 7.77. The molecule has 1 aromatic heterocycles. The Bertz CT molecular complexity index is 531. The fourth-order valence-corrected chi connectivity index (χ4v) is 3.61. The number of aryl methyl sites for hydroxylation is 1. The summed E-state index contributed by atoms with van der Waals surface area (Å²) in [6.45, 7) is 4.87. The van der Waals surface area contributed by atoms with Crippen molar-refractivity contribution in [2.45, 2.75) is 32.2 Å². The molecule has 2 N–H and O–H groups in total. The highest BCUT2D eigenvalue weighted by Gasteiger charge is 2.17. The van der Waals surface area contributed by atoms with E-state index in [1.54, 1.807) is 23.1 Å². The lowest BCUT2D eigenvalue weighted by atomic mass is 10.3. The maximum absolute atomic E-state index is 10.6. The lowest BCUT2D eigenvalue weighted by molar-refractivity contribution is -0.498. The van der Waals surface area contributed by atoms with Gasteiger partial charge in [-0.2, -0.15) is 11.8 Å². The fraction of sp³-hybridized carbons (Fsp3) is 0.692. The van der Waals surface area contributed by atoms with E-state index in [-0.39, 0.29) is 5.84 Å². The van der Waals surface area contributed by atoms with Crippen LogP contribution in [0.15, 0.2) is 4.99 Å². The summed E-state index contributed by atoms with van der Waals surface area (Å²) in [6.07, 6.45) is 0. The number of aromatic nitrogens is 1. The Morgan fingerprint density at radius 1 is 1.59 bits per heavy atom. The van der Waals surface area contributed by atoms with Crippen molar-refractivity contribution in [3.05, 3.63) is 25.7 Å². The van der Waals surface area contributed by atoms with Gasteiger partial charge in [0.15, 0.2) is 5.84 Å². The van der Waals surface area contributed by atoms with E-state index in [1.807, 2.05) is 14.1 Å². The summed E-state index contributed by atoms with van der Waals surface area (Å²) < 4.78 is 0. The van der Waals surface area contributed by atoms with Crippen molar-refractivity contribution in [3.63, 3.8) is 0 Å². The SMILES string of the molecule is Cc1sc(CN(C)C)nc1CSCCN=C(N)C(C)[N+](=O)[O-]. The Morgan fingerprint density at radius 3 is 2.86 bits per heavy atom. The Hall–Kier alpha value is -1.19. The molecule has 7 nitrogen and oxygen atoms in total. The minimum absolute atomic E-state index is 0.0868. The van der Waals surface area contributed by atoms with Crippen LogP contribution >= 0.6 is 23.1 Å². The van der Waals surface area contributed by atoms with Gasteiger partial charge >= 0.3 is 0 Å². The molecule has 1 heterocycles. The maximum Gasteiger partial charge on any atom is 0.266 e. The molecule has 1 atom stereocenters. The van der Waals surface area contributed by atoms with E-state index < -0.39 is 11.0 Å². The average Bonchev–Trinajstić information content (AvgIpc) is 2.76. The zero-order valence-electron chi connectivity index (χ0n) is 13.4. The molecular formula is C13H23N5O2S2. The van der Waals surface area contributed by atoms with E-state index in [2.05, 4.69) is 21.8 Å². The molecule has 0 amide bonds. The minimum Gasteiger partial charge on any atom is -0.382 e. The van der Waals surface area contributed by atoms with Crippen LogP contribution in [-0.2, 0) is 12.3 Å². The second-order valence-corrected chi connectivity index (χ2v) is 7.56. The van der Waals surface area contributed by atoms with Gasteiger partial charge in [-0.25, -0.2) is 4.98 Å². The van der Waals surface area contributed by atoms with Crippen LogP contribution in [0.2, 0.25) is 0 Å². The average molecular weight is 345 g/mol. The highest BCUT2D eigenvalue weighted by molar-refractivity contribution is 7.98. The number of hydrogen-bond acceptors (Lipinski definition) is 7. The predicted octanol–water partition coefficient (Wildman–Crippen LogP) is 1.77. The van der Waals surface area contributed by atoms with Crippen LogP contribution in [0.4, 0.5) is 0 Å². The third-order valence-electron chi connectivity index (χ3n) is 2.90. The van der Waals surface area contributed by atoms with Crippen molar-refractivity contribution in [2.75, 3.05) is 26.4 Å². The number of amidine groups is 1. The van der Waals surface area contributed by atoms with E-state index >= 15 is 0 Å². The number of thiazole rings is 1. The highest BCUT2D eigenvalue weighted by atomic mass is 32.2. The van der Waals surface area contributed by atoms with Crippen molar-refractivity contribution in [2.24, 2.45) is 10.7 Å². The number of thioether (sulfide) groups is 1. The van der Waals surface area contributed by atoms with E-state index in [9.17, 15) is 10.1 Å². The van der Waals surface area contributed by atoms with Gasteiger partial charge in [0, 0.05) is 34.8 Å². The van der Waals surface area contributed by atoms with Crippen LogP contribution in [0.1, 0.15) is 22.5 Å². The lowest BCUT2D eigenvalue weighted by Gasteiger charge is -2.05. The van der Waals surface area contributed by atoms with Crippen molar-refractivity contribution >= 4 is 28.9 Å². The zero-order chi connectivity index (χ0) is 16.7. The molecule has 0 fully saturated rings. The molecule has 0 spiro atoms. The summed E-state index contributed by atoms with van der Waals surface area (Å²) in [6, 6.07) is -0.917. The molecule has 0 aliphatic rings. The molecule has 9 heteroatoms. The highest BCUT2D eigenvalue weighted by Crippen LogP contribution is 2.22. The molecule has 0 saturated heterocycles. The van der Waals surface area contributed by atoms with Gasteiger partial charge in [-0.05, 0) is 21.0 Å². The zero-order valence-corrected chi connectivity index (χ0v) is 15.0. The minimum atomic E-state index is -0.917. The van der Waals surface area contributed by atoms with Gasteiger partial charge < -0.3 is 10.6 Å². The predicted molar refractivity (Wildman–Crippen MR) is 93.3 cm³/mol. The number of nitro groups is 1. The van der Waals surface area contributed by atoms with Crippen LogP contribution in [-0.4, -0.2) is 53.1 Å². The lowest BCUT2D eigenvalue weighted by Crippen LogP contribution is -2.33. The van der Waals surface area contributed by atoms with Crippen LogP contribution in [0, 0.1) is 17.0 Å². The fourth-order valence-electron chi connectivity index (χ4n) is 1.61. The normalized spacial score (nSPS) is 13.6. The van der Waals surface area contributed by atoms with Crippen molar-refractivity contribution in [1.29, 1.82) is 0 Å². The first kappa shape index (κ1) is 18.9. The smallest absolute Gasteiger partial charge is 0.266 e. The molecule has 124 valence electrons. The number of nitrogens with zero attached hydrogens (tertiary/aromatic N) is 4. The van der Waals surface area contributed by atoms with Gasteiger partial charge in [0.25, 0.3) is 6.04 Å². The summed E-state index contributed by atoms with van der Waals surface area (Å²) in [5, 5.41) is 11.7. The molecular weight excluding hydrogens is 322 g/mol. The number of nitrogens with two attached hydrogens (primary N) is 1. The summed E-state index contributed by atoms with van der Waals surface area (Å²) in [5.41, 5.74) is 6.68. The van der Waals surface area contributed by atoms with E-state index in [1.165, 1.54) is 11.8 Å². The van der Waals surface area contributed by atoms with E-state index in [4.69, 9.17) is 5.73 Å². The molecule has 0 saturated carbocycles. The third kappa shape index (κ3) is 6.29. The van der Waals surface area contributed by atoms with Crippen LogP contribution in [0.25, 0.3) is 0 Å². The summed E-state index contributed by atoms with van der Waals surface area (Å²) >= 11 is 3.44. The van der Waals surface area contributed by atoms with Gasteiger partial charge in [0.1, 0.15) is 5.01 Å². The maximum atomic E-state index is 10.6. The van der Waals surface area contributed by atoms with Gasteiger partial charge in [-0.15, -0.1) is 11.3 Å². The van der Waals surface area contributed by atoms with Crippen molar-refractivity contribution in [3.8, 4) is 0 Å². The van der Waals surface area contributed by atoms with Gasteiger partial charge in [0.05, 0.1) is 12.2 Å². The van der Waals surface area contributed by atoms with Gasteiger partial charge in [0.2, 0.25) is 0 Å². The van der Waals surface area contributed by atoms with Crippen LogP contribution < -0.4 is 5.73 Å². The number of hydrogen-bond donors (Lipinski definition) is 1. The summed E-state index contributed by atoms with van der Waals surface area (Å²) in [7, 11) is 4.05. The number of aliphatic imine (C=N–C) groups is 1. The second-order valence-electron chi connectivity index (χ2n) is 5.17. The molecule has 1 unspecified atom stereocenters. The van der Waals surface area contributed by atoms with Crippen LogP contribution in [0.3, 0.4) is 0 Å². The summed E-state index contributed by atoms with van der Waals surface area (Å²) in [5.74, 6) is 1.69. The Morgan fingerprint density at radius 2 is 2.27 bits per heavy atom. The Labute approximate surface area is 139 Å². The quantitative estimate of drug-likeness (QED) is 0.241. The molecule has 22 heavy (non-hydrogen) atoms. The van der Waals surface area contributed by atoms with E-state index in [0.29, 0.717) is 6.54 Å². The van der Waals surface area contributed by atoms with Crippen molar-refractivity contribution < 1.29 is 4.92 Å². The molecule has 0 aliphatic carbocycles. The van der Waals surface area contributed by atoms with E-state index in [0.717, 1.165) is 28.8 Å². The van der Waals surface area contributed by atoms with Crippen LogP contribution in [0.5, 0.6) is 0 Å². The second kappa shape index (κ2) is 9.06. The molecule has 0 aliphatic heterocycles. The first-order chi connectivity index (χ1) is 10.3. The first-order valence-electron chi connectivity index (χ1n) is 6.92. The largest absolute Gasteiger partial charge is 0.382 e. The third-order valence-corrected chi connectivity index (χ3v) is 4.85. The first-order valence-corrected chi connectivity index (χ1v) is 8.89.